The van der Waals surface area contributed by atoms with E-state index in [9.17, 15) is 18.0 Å². The lowest BCUT2D eigenvalue weighted by Gasteiger charge is -2.11. The van der Waals surface area contributed by atoms with E-state index in [4.69, 9.17) is 4.52 Å². The van der Waals surface area contributed by atoms with Gasteiger partial charge in [0, 0.05) is 5.92 Å². The molecule has 0 aromatic carbocycles. The fourth-order valence-corrected chi connectivity index (χ4v) is 1.98. The van der Waals surface area contributed by atoms with Crippen LogP contribution >= 0.6 is 0 Å². The molecule has 0 aliphatic heterocycles. The maximum Gasteiger partial charge on any atom is 0.421 e. The van der Waals surface area contributed by atoms with Crippen LogP contribution in [0.5, 0.6) is 0 Å². The summed E-state index contributed by atoms with van der Waals surface area (Å²) < 4.78 is 44.4. The van der Waals surface area contributed by atoms with Crippen molar-refractivity contribution in [3.8, 4) is 0 Å². The van der Waals surface area contributed by atoms with Crippen molar-refractivity contribution in [3.05, 3.63) is 39.4 Å². The van der Waals surface area contributed by atoms with Crippen molar-refractivity contribution >= 4 is 0 Å². The van der Waals surface area contributed by atoms with Gasteiger partial charge in [-0.05, 0) is 25.8 Å². The molecule has 1 aliphatic rings. The molecule has 2 heterocycles. The molecule has 1 saturated carbocycles. The predicted molar refractivity (Wildman–Crippen MR) is 63.6 cm³/mol. The zero-order chi connectivity index (χ0) is 15.2. The molecule has 0 saturated heterocycles. The maximum atomic E-state index is 12.9. The van der Waals surface area contributed by atoms with Gasteiger partial charge in [-0.25, -0.2) is 4.68 Å². The van der Waals surface area contributed by atoms with Gasteiger partial charge in [-0.3, -0.25) is 4.79 Å². The van der Waals surface area contributed by atoms with Crippen molar-refractivity contribution in [1.29, 1.82) is 0 Å². The standard InChI is InChI=1S/C12H11F3N4O2/c1-6-16-10(21-18-6)5-19-11(20)8(12(13,14)15)4-9(17-19)7-2-3-7/h4,7H,2-3,5H2,1H3. The van der Waals surface area contributed by atoms with Gasteiger partial charge < -0.3 is 4.52 Å². The molecule has 0 N–H and O–H groups in total. The van der Waals surface area contributed by atoms with Crippen LogP contribution < -0.4 is 5.56 Å². The topological polar surface area (TPSA) is 73.8 Å². The average molecular weight is 300 g/mol. The van der Waals surface area contributed by atoms with Crippen LogP contribution in [-0.4, -0.2) is 19.9 Å². The second-order valence-electron chi connectivity index (χ2n) is 4.95. The normalized spacial score (nSPS) is 15.4. The summed E-state index contributed by atoms with van der Waals surface area (Å²) in [5.41, 5.74) is -2.14. The molecule has 1 fully saturated rings. The lowest BCUT2D eigenvalue weighted by atomic mass is 10.2. The minimum atomic E-state index is -4.71. The van der Waals surface area contributed by atoms with Gasteiger partial charge in [0.2, 0.25) is 5.89 Å². The molecular formula is C12H11F3N4O2. The number of halogens is 3. The van der Waals surface area contributed by atoms with E-state index in [1.807, 2.05) is 0 Å². The van der Waals surface area contributed by atoms with E-state index in [1.165, 1.54) is 0 Å². The van der Waals surface area contributed by atoms with Crippen molar-refractivity contribution in [1.82, 2.24) is 19.9 Å². The first-order chi connectivity index (χ1) is 9.84. The summed E-state index contributed by atoms with van der Waals surface area (Å²) in [5, 5.41) is 7.52. The molecule has 6 nitrogen and oxygen atoms in total. The smallest absolute Gasteiger partial charge is 0.337 e. The molecule has 0 radical (unpaired) electrons. The van der Waals surface area contributed by atoms with Crippen molar-refractivity contribution < 1.29 is 17.7 Å². The Morgan fingerprint density at radius 1 is 1.43 bits per heavy atom. The van der Waals surface area contributed by atoms with Gasteiger partial charge in [0.25, 0.3) is 5.56 Å². The molecule has 21 heavy (non-hydrogen) atoms. The number of rotatable bonds is 3. The predicted octanol–water partition coefficient (Wildman–Crippen LogP) is 1.88. The Bertz CT molecular complexity index is 731. The molecule has 0 atom stereocenters. The highest BCUT2D eigenvalue weighted by atomic mass is 19.4. The third kappa shape index (κ3) is 2.81. The van der Waals surface area contributed by atoms with Crippen LogP contribution in [0.4, 0.5) is 13.2 Å². The second kappa shape index (κ2) is 4.68. The van der Waals surface area contributed by atoms with Crippen molar-refractivity contribution in [3.63, 3.8) is 0 Å². The van der Waals surface area contributed by atoms with Crippen LogP contribution in [0.3, 0.4) is 0 Å². The Labute approximate surface area is 116 Å². The fourth-order valence-electron chi connectivity index (χ4n) is 1.98. The first kappa shape index (κ1) is 13.8. The van der Waals surface area contributed by atoms with Crippen molar-refractivity contribution in [2.24, 2.45) is 0 Å². The summed E-state index contributed by atoms with van der Waals surface area (Å²) in [7, 11) is 0. The molecular weight excluding hydrogens is 289 g/mol. The van der Waals surface area contributed by atoms with Gasteiger partial charge in [-0.1, -0.05) is 5.16 Å². The summed E-state index contributed by atoms with van der Waals surface area (Å²) in [6, 6.07) is 0.843. The molecule has 0 spiro atoms. The Balaban J connectivity index is 2.05. The molecule has 0 unspecified atom stereocenters. The van der Waals surface area contributed by atoms with Crippen LogP contribution in [0, 0.1) is 6.92 Å². The van der Waals surface area contributed by atoms with Gasteiger partial charge in [0.1, 0.15) is 12.1 Å². The summed E-state index contributed by atoms with van der Waals surface area (Å²) in [4.78, 5) is 15.8. The van der Waals surface area contributed by atoms with Crippen molar-refractivity contribution in [2.75, 3.05) is 0 Å². The van der Waals surface area contributed by atoms with Gasteiger partial charge in [0.05, 0.1) is 5.69 Å². The van der Waals surface area contributed by atoms with E-state index in [-0.39, 0.29) is 24.0 Å². The lowest BCUT2D eigenvalue weighted by Crippen LogP contribution is -2.31. The van der Waals surface area contributed by atoms with E-state index < -0.39 is 17.3 Å². The highest BCUT2D eigenvalue weighted by Gasteiger charge is 2.37. The third-order valence-corrected chi connectivity index (χ3v) is 3.15. The Morgan fingerprint density at radius 3 is 2.67 bits per heavy atom. The molecule has 2 aromatic rings. The van der Waals surface area contributed by atoms with Crippen LogP contribution in [-0.2, 0) is 12.7 Å². The van der Waals surface area contributed by atoms with Crippen LogP contribution in [0.25, 0.3) is 0 Å². The van der Waals surface area contributed by atoms with Gasteiger partial charge in [-0.2, -0.15) is 23.3 Å². The zero-order valence-corrected chi connectivity index (χ0v) is 11.0. The monoisotopic (exact) mass is 300 g/mol. The van der Waals surface area contributed by atoms with Crippen LogP contribution in [0.1, 0.15) is 41.7 Å². The second-order valence-corrected chi connectivity index (χ2v) is 4.95. The van der Waals surface area contributed by atoms with Gasteiger partial charge >= 0.3 is 6.18 Å². The number of nitrogens with zero attached hydrogens (tertiary/aromatic N) is 4. The fraction of sp³-hybridized carbons (Fsp3) is 0.500. The Hall–Kier alpha value is -2.19. The van der Waals surface area contributed by atoms with Crippen LogP contribution in [0.2, 0.25) is 0 Å². The van der Waals surface area contributed by atoms with Gasteiger partial charge in [0.15, 0.2) is 5.82 Å². The minimum absolute atomic E-state index is 0.0117. The van der Waals surface area contributed by atoms with E-state index in [2.05, 4.69) is 15.2 Å². The summed E-state index contributed by atoms with van der Waals surface area (Å²) in [5.74, 6) is 0.373. The highest BCUT2D eigenvalue weighted by Crippen LogP contribution is 2.40. The molecule has 3 rings (SSSR count). The largest absolute Gasteiger partial charge is 0.421 e. The van der Waals surface area contributed by atoms with E-state index in [0.717, 1.165) is 23.6 Å². The highest BCUT2D eigenvalue weighted by molar-refractivity contribution is 5.22. The quantitative estimate of drug-likeness (QED) is 0.865. The number of hydrogen-bond acceptors (Lipinski definition) is 5. The average Bonchev–Trinajstić information content (AvgIpc) is 3.15. The number of hydrogen-bond donors (Lipinski definition) is 0. The lowest BCUT2D eigenvalue weighted by molar-refractivity contribution is -0.139. The first-order valence-electron chi connectivity index (χ1n) is 6.33. The number of aromatic nitrogens is 4. The molecule has 112 valence electrons. The molecule has 1 aliphatic carbocycles. The number of alkyl halides is 3. The summed E-state index contributed by atoms with van der Waals surface area (Å²) >= 11 is 0. The van der Waals surface area contributed by atoms with Crippen LogP contribution in [0.15, 0.2) is 15.4 Å². The first-order valence-corrected chi connectivity index (χ1v) is 6.33. The molecule has 0 bridgehead atoms. The summed E-state index contributed by atoms with van der Waals surface area (Å²) in [6.07, 6.45) is -3.15. The Kier molecular flexibility index (Phi) is 3.07. The van der Waals surface area contributed by atoms with E-state index >= 15 is 0 Å². The third-order valence-electron chi connectivity index (χ3n) is 3.15. The van der Waals surface area contributed by atoms with E-state index in [1.54, 1.807) is 6.92 Å². The molecule has 0 amide bonds. The van der Waals surface area contributed by atoms with Crippen molar-refractivity contribution in [2.45, 2.75) is 38.4 Å². The SMILES string of the molecule is Cc1noc(Cn2nc(C3CC3)cc(C(F)(F)F)c2=O)n1. The maximum absolute atomic E-state index is 12.9. The van der Waals surface area contributed by atoms with Gasteiger partial charge in [-0.15, -0.1) is 0 Å². The number of aryl methyl sites for hydroxylation is 1. The summed E-state index contributed by atoms with van der Waals surface area (Å²) in [6.45, 7) is 1.30. The van der Waals surface area contributed by atoms with E-state index in [0.29, 0.717) is 5.82 Å². The molecule has 9 heteroatoms. The molecule has 2 aromatic heterocycles. The minimum Gasteiger partial charge on any atom is -0.337 e. The zero-order valence-electron chi connectivity index (χ0n) is 11.0. The Morgan fingerprint density at radius 2 is 2.14 bits per heavy atom.